The zero-order valence-electron chi connectivity index (χ0n) is 10.7. The van der Waals surface area contributed by atoms with Gasteiger partial charge in [-0.3, -0.25) is 0 Å². The Balaban J connectivity index is 2.44. The van der Waals surface area contributed by atoms with E-state index in [1.54, 1.807) is 6.92 Å². The van der Waals surface area contributed by atoms with Crippen LogP contribution in [-0.2, 0) is 10.0 Å². The third kappa shape index (κ3) is 2.77. The fraction of sp³-hybridized carbons (Fsp3) is 0.500. The smallest absolute Gasteiger partial charge is 0.246 e. The summed E-state index contributed by atoms with van der Waals surface area (Å²) in [4.78, 5) is -0.603. The molecule has 2 atom stereocenters. The van der Waals surface area contributed by atoms with Crippen LogP contribution in [0.3, 0.4) is 0 Å². The molecule has 1 N–H and O–H groups in total. The van der Waals surface area contributed by atoms with Gasteiger partial charge < -0.3 is 5.32 Å². The van der Waals surface area contributed by atoms with Gasteiger partial charge in [-0.05, 0) is 32.0 Å². The topological polar surface area (TPSA) is 49.4 Å². The minimum absolute atomic E-state index is 0.0254. The van der Waals surface area contributed by atoms with Crippen molar-refractivity contribution < 1.29 is 17.2 Å². The highest BCUT2D eigenvalue weighted by atomic mass is 32.2. The van der Waals surface area contributed by atoms with Crippen molar-refractivity contribution in [3.63, 3.8) is 0 Å². The van der Waals surface area contributed by atoms with Crippen molar-refractivity contribution in [2.45, 2.75) is 30.8 Å². The van der Waals surface area contributed by atoms with Crippen LogP contribution in [0.25, 0.3) is 0 Å². The fourth-order valence-corrected chi connectivity index (χ4v) is 3.92. The van der Waals surface area contributed by atoms with Gasteiger partial charge in [0, 0.05) is 25.2 Å². The zero-order valence-corrected chi connectivity index (χ0v) is 11.5. The number of piperazine rings is 1. The number of sulfonamides is 1. The summed E-state index contributed by atoms with van der Waals surface area (Å²) in [5.41, 5.74) is 0. The predicted molar refractivity (Wildman–Crippen MR) is 67.2 cm³/mol. The van der Waals surface area contributed by atoms with Gasteiger partial charge in [0.25, 0.3) is 0 Å². The maximum absolute atomic E-state index is 13.7. The summed E-state index contributed by atoms with van der Waals surface area (Å²) in [6.45, 7) is 4.29. The van der Waals surface area contributed by atoms with Crippen LogP contribution in [0.5, 0.6) is 0 Å². The van der Waals surface area contributed by atoms with Gasteiger partial charge in [0.2, 0.25) is 10.0 Å². The van der Waals surface area contributed by atoms with Gasteiger partial charge in [-0.15, -0.1) is 0 Å². The number of benzene rings is 1. The summed E-state index contributed by atoms with van der Waals surface area (Å²) in [5.74, 6) is -1.70. The van der Waals surface area contributed by atoms with Crippen molar-refractivity contribution in [1.29, 1.82) is 0 Å². The minimum atomic E-state index is -4.02. The first-order chi connectivity index (χ1) is 8.82. The van der Waals surface area contributed by atoms with Crippen LogP contribution in [0.1, 0.15) is 13.8 Å². The molecule has 0 amide bonds. The van der Waals surface area contributed by atoms with E-state index in [1.807, 2.05) is 6.92 Å². The van der Waals surface area contributed by atoms with Gasteiger partial charge in [0.1, 0.15) is 16.5 Å². The Labute approximate surface area is 111 Å². The molecule has 106 valence electrons. The number of halogens is 2. The van der Waals surface area contributed by atoms with Crippen LogP contribution in [-0.4, -0.2) is 37.9 Å². The average molecular weight is 290 g/mol. The quantitative estimate of drug-likeness (QED) is 0.894. The van der Waals surface area contributed by atoms with Crippen LogP contribution in [0.15, 0.2) is 23.1 Å². The van der Waals surface area contributed by atoms with Crippen LogP contribution >= 0.6 is 0 Å². The Morgan fingerprint density at radius 3 is 2.68 bits per heavy atom. The first-order valence-electron chi connectivity index (χ1n) is 6.02. The van der Waals surface area contributed by atoms with E-state index in [1.165, 1.54) is 4.31 Å². The Kier molecular flexibility index (Phi) is 3.89. The summed E-state index contributed by atoms with van der Waals surface area (Å²) < 4.78 is 52.8. The Hall–Kier alpha value is -1.05. The number of nitrogens with one attached hydrogen (secondary N) is 1. The van der Waals surface area contributed by atoms with E-state index in [4.69, 9.17) is 0 Å². The lowest BCUT2D eigenvalue weighted by atomic mass is 10.2. The second-order valence-electron chi connectivity index (χ2n) is 4.81. The van der Waals surface area contributed by atoms with E-state index >= 15 is 0 Å². The molecule has 1 fully saturated rings. The molecule has 2 unspecified atom stereocenters. The fourth-order valence-electron chi connectivity index (χ4n) is 2.12. The van der Waals surface area contributed by atoms with Crippen molar-refractivity contribution in [1.82, 2.24) is 9.62 Å². The third-order valence-electron chi connectivity index (χ3n) is 3.19. The maximum Gasteiger partial charge on any atom is 0.246 e. The summed E-state index contributed by atoms with van der Waals surface area (Å²) in [6, 6.07) is 2.13. The molecule has 1 aromatic rings. The largest absolute Gasteiger partial charge is 0.311 e. The summed E-state index contributed by atoms with van der Waals surface area (Å²) >= 11 is 0. The highest BCUT2D eigenvalue weighted by Crippen LogP contribution is 2.23. The molecule has 0 spiro atoms. The van der Waals surface area contributed by atoms with Gasteiger partial charge in [-0.25, -0.2) is 17.2 Å². The normalized spacial score (nSPS) is 25.5. The number of rotatable bonds is 2. The Morgan fingerprint density at radius 2 is 2.00 bits per heavy atom. The van der Waals surface area contributed by atoms with Crippen LogP contribution in [0.4, 0.5) is 8.78 Å². The lowest BCUT2D eigenvalue weighted by Gasteiger charge is -2.36. The third-order valence-corrected chi connectivity index (χ3v) is 5.18. The molecule has 1 aliphatic heterocycles. The van der Waals surface area contributed by atoms with Gasteiger partial charge >= 0.3 is 0 Å². The molecule has 1 aliphatic rings. The molecule has 19 heavy (non-hydrogen) atoms. The molecule has 0 aliphatic carbocycles. The molecule has 0 aromatic heterocycles. The second kappa shape index (κ2) is 5.15. The molecule has 1 saturated heterocycles. The zero-order chi connectivity index (χ0) is 14.2. The van der Waals surface area contributed by atoms with Crippen molar-refractivity contribution in [2.24, 2.45) is 0 Å². The first-order valence-corrected chi connectivity index (χ1v) is 7.46. The predicted octanol–water partition coefficient (Wildman–Crippen LogP) is 1.34. The molecular formula is C12H16F2N2O2S. The van der Waals surface area contributed by atoms with Crippen molar-refractivity contribution in [2.75, 3.05) is 13.1 Å². The first kappa shape index (κ1) is 14.4. The lowest BCUT2D eigenvalue weighted by molar-refractivity contribution is 0.244. The molecule has 2 rings (SSSR count). The molecule has 0 radical (unpaired) electrons. The van der Waals surface area contributed by atoms with Gasteiger partial charge in [-0.2, -0.15) is 4.31 Å². The number of nitrogens with zero attached hydrogens (tertiary/aromatic N) is 1. The van der Waals surface area contributed by atoms with Crippen LogP contribution in [0, 0.1) is 11.6 Å². The lowest BCUT2D eigenvalue weighted by Crippen LogP contribution is -2.56. The monoisotopic (exact) mass is 290 g/mol. The van der Waals surface area contributed by atoms with Crippen molar-refractivity contribution in [3.8, 4) is 0 Å². The summed E-state index contributed by atoms with van der Waals surface area (Å²) in [6.07, 6.45) is 0. The van der Waals surface area contributed by atoms with Gasteiger partial charge in [0.15, 0.2) is 0 Å². The van der Waals surface area contributed by atoms with E-state index in [9.17, 15) is 17.2 Å². The van der Waals surface area contributed by atoms with Gasteiger partial charge in [-0.1, -0.05) is 0 Å². The standard InChI is InChI=1S/C12H16F2N2O2S/c1-8-7-16(9(2)6-15-8)19(17,18)12-5-10(13)3-4-11(12)14/h3-5,8-9,15H,6-7H2,1-2H3. The number of hydrogen-bond donors (Lipinski definition) is 1. The van der Waals surface area contributed by atoms with Crippen LogP contribution < -0.4 is 5.32 Å². The van der Waals surface area contributed by atoms with E-state index in [0.29, 0.717) is 6.54 Å². The number of hydrogen-bond acceptors (Lipinski definition) is 3. The highest BCUT2D eigenvalue weighted by Gasteiger charge is 2.35. The van der Waals surface area contributed by atoms with Crippen molar-refractivity contribution >= 4 is 10.0 Å². The van der Waals surface area contributed by atoms with Crippen LogP contribution in [0.2, 0.25) is 0 Å². The summed E-state index contributed by atoms with van der Waals surface area (Å²) in [7, 11) is -4.02. The second-order valence-corrected chi connectivity index (χ2v) is 6.67. The highest BCUT2D eigenvalue weighted by molar-refractivity contribution is 7.89. The van der Waals surface area contributed by atoms with E-state index < -0.39 is 26.6 Å². The molecule has 0 saturated carbocycles. The van der Waals surface area contributed by atoms with Crippen molar-refractivity contribution in [3.05, 3.63) is 29.8 Å². The molecule has 1 aromatic carbocycles. The molecule has 7 heteroatoms. The van der Waals surface area contributed by atoms with E-state index in [0.717, 1.165) is 18.2 Å². The maximum atomic E-state index is 13.7. The molecule has 0 bridgehead atoms. The Morgan fingerprint density at radius 1 is 1.32 bits per heavy atom. The molecule has 4 nitrogen and oxygen atoms in total. The Bertz CT molecular complexity index is 577. The van der Waals surface area contributed by atoms with E-state index in [2.05, 4.69) is 5.32 Å². The summed E-state index contributed by atoms with van der Waals surface area (Å²) in [5, 5.41) is 3.14. The minimum Gasteiger partial charge on any atom is -0.311 e. The van der Waals surface area contributed by atoms with Gasteiger partial charge in [0.05, 0.1) is 0 Å². The molecule has 1 heterocycles. The van der Waals surface area contributed by atoms with E-state index in [-0.39, 0.29) is 18.6 Å². The molecular weight excluding hydrogens is 274 g/mol. The average Bonchev–Trinajstić information content (AvgIpc) is 2.35. The SMILES string of the molecule is CC1CN(S(=O)(=O)c2cc(F)ccc2F)C(C)CN1.